The predicted molar refractivity (Wildman–Crippen MR) is 71.5 cm³/mol. The van der Waals surface area contributed by atoms with Crippen LogP contribution in [0.25, 0.3) is 0 Å². The van der Waals surface area contributed by atoms with Gasteiger partial charge < -0.3 is 10.0 Å². The number of hydroxylamine groups is 2. The van der Waals surface area contributed by atoms with Crippen LogP contribution in [0.5, 0.6) is 0 Å². The molecule has 0 aromatic carbocycles. The van der Waals surface area contributed by atoms with Gasteiger partial charge in [0, 0.05) is 31.9 Å². The van der Waals surface area contributed by atoms with E-state index in [0.29, 0.717) is 30.9 Å². The Morgan fingerprint density at radius 1 is 1.14 bits per heavy atom. The molecule has 0 bridgehead atoms. The van der Waals surface area contributed by atoms with Crippen LogP contribution in [-0.2, 0) is 25.8 Å². The topological polar surface area (TPSA) is 111 Å². The number of hydrogen-bond acceptors (Lipinski definition) is 6. The molecule has 0 unspecified atom stereocenters. The van der Waals surface area contributed by atoms with Gasteiger partial charge in [0.2, 0.25) is 0 Å². The number of carbonyl (C=O) groups excluding carboxylic acids is 3. The summed E-state index contributed by atoms with van der Waals surface area (Å²) in [6.45, 7) is 0.334. The van der Waals surface area contributed by atoms with Crippen molar-refractivity contribution in [2.45, 2.75) is 45.1 Å². The monoisotopic (exact) mass is 311 g/mol. The maximum atomic E-state index is 11.5. The highest BCUT2D eigenvalue weighted by Gasteiger charge is 2.32. The van der Waals surface area contributed by atoms with Gasteiger partial charge >= 0.3 is 5.97 Å². The molecule has 120 valence electrons. The van der Waals surface area contributed by atoms with Gasteiger partial charge in [-0.25, -0.2) is 9.48 Å². The van der Waals surface area contributed by atoms with Crippen molar-refractivity contribution in [3.05, 3.63) is 22.6 Å². The summed E-state index contributed by atoms with van der Waals surface area (Å²) in [7, 11) is 0. The minimum atomic E-state index is -0.633. The quantitative estimate of drug-likeness (QED) is 0.433. The number of rotatable bonds is 7. The highest BCUT2D eigenvalue weighted by molar-refractivity contribution is 6.01. The first kappa shape index (κ1) is 15.8. The summed E-state index contributed by atoms with van der Waals surface area (Å²) in [5.41, 5.74) is -0.298. The Kier molecular flexibility index (Phi) is 4.97. The van der Waals surface area contributed by atoms with E-state index in [-0.39, 0.29) is 24.8 Å². The number of imide groups is 1. The number of nitrogens with zero attached hydrogens (tertiary/aromatic N) is 3. The zero-order valence-electron chi connectivity index (χ0n) is 11.9. The van der Waals surface area contributed by atoms with Crippen LogP contribution in [0, 0.1) is 0 Å². The normalized spacial score (nSPS) is 14.6. The van der Waals surface area contributed by atoms with Crippen molar-refractivity contribution in [1.82, 2.24) is 14.6 Å². The molecule has 1 aliphatic rings. The number of carbonyl (C=O) groups is 3. The van der Waals surface area contributed by atoms with Crippen LogP contribution in [0.1, 0.15) is 38.5 Å². The number of aromatic nitrogens is 2. The van der Waals surface area contributed by atoms with E-state index in [1.54, 1.807) is 0 Å². The van der Waals surface area contributed by atoms with Crippen molar-refractivity contribution >= 4 is 17.8 Å². The molecule has 1 aliphatic heterocycles. The van der Waals surface area contributed by atoms with Gasteiger partial charge in [0.25, 0.3) is 17.4 Å². The maximum absolute atomic E-state index is 11.5. The Morgan fingerprint density at radius 3 is 2.41 bits per heavy atom. The van der Waals surface area contributed by atoms with Gasteiger partial charge in [-0.15, -0.1) is 9.91 Å². The van der Waals surface area contributed by atoms with Crippen molar-refractivity contribution in [3.8, 4) is 0 Å². The largest absolute Gasteiger partial charge is 0.413 e. The number of amides is 2. The summed E-state index contributed by atoms with van der Waals surface area (Å²) >= 11 is 0. The summed E-state index contributed by atoms with van der Waals surface area (Å²) in [6.07, 6.45) is 3.20. The van der Waals surface area contributed by atoms with Crippen molar-refractivity contribution < 1.29 is 24.4 Å². The smallest absolute Gasteiger partial charge is 0.333 e. The zero-order chi connectivity index (χ0) is 16.1. The second-order valence-electron chi connectivity index (χ2n) is 4.95. The molecule has 1 fully saturated rings. The molecule has 0 radical (unpaired) electrons. The summed E-state index contributed by atoms with van der Waals surface area (Å²) in [4.78, 5) is 50.8. The lowest BCUT2D eigenvalue weighted by molar-refractivity contribution is -0.197. The fourth-order valence-electron chi connectivity index (χ4n) is 2.12. The van der Waals surface area contributed by atoms with Crippen molar-refractivity contribution in [2.75, 3.05) is 0 Å². The van der Waals surface area contributed by atoms with E-state index >= 15 is 0 Å². The van der Waals surface area contributed by atoms with Crippen LogP contribution in [0.15, 0.2) is 17.1 Å². The van der Waals surface area contributed by atoms with Gasteiger partial charge in [-0.3, -0.25) is 14.4 Å². The highest BCUT2D eigenvalue weighted by Crippen LogP contribution is 2.13. The van der Waals surface area contributed by atoms with Crippen LogP contribution in [0.3, 0.4) is 0 Å². The maximum Gasteiger partial charge on any atom is 0.333 e. The summed E-state index contributed by atoms with van der Waals surface area (Å²) in [5, 5.41) is 9.85. The first-order valence-corrected chi connectivity index (χ1v) is 7.03. The van der Waals surface area contributed by atoms with Crippen molar-refractivity contribution in [3.63, 3.8) is 0 Å². The molecular weight excluding hydrogens is 294 g/mol. The number of unbranched alkanes of at least 4 members (excludes halogenated alkanes) is 2. The Hall–Kier alpha value is -2.58. The van der Waals surface area contributed by atoms with Crippen molar-refractivity contribution in [2.24, 2.45) is 0 Å². The first-order chi connectivity index (χ1) is 10.5. The van der Waals surface area contributed by atoms with E-state index in [9.17, 15) is 24.4 Å². The van der Waals surface area contributed by atoms with E-state index in [1.165, 1.54) is 16.9 Å². The van der Waals surface area contributed by atoms with Crippen LogP contribution < -0.4 is 5.56 Å². The Morgan fingerprint density at radius 2 is 1.82 bits per heavy atom. The molecule has 22 heavy (non-hydrogen) atoms. The van der Waals surface area contributed by atoms with Gasteiger partial charge in [0.05, 0.1) is 6.20 Å². The molecule has 0 saturated carbocycles. The standard InChI is InChI=1S/C13H17N3O6/c17-10-7-9-15(21)14(10)8-3-1-2-4-13(20)22-16-11(18)5-6-12(16)19/h7,9,21H,1-6,8H2. The Labute approximate surface area is 125 Å². The third kappa shape index (κ3) is 3.74. The average Bonchev–Trinajstić information content (AvgIpc) is 2.96. The number of hydrogen-bond donors (Lipinski definition) is 1. The molecule has 2 heterocycles. The lowest BCUT2D eigenvalue weighted by Gasteiger charge is -2.12. The van der Waals surface area contributed by atoms with Gasteiger partial charge in [0.15, 0.2) is 0 Å². The SMILES string of the molecule is O=C(CCCCCn1c(=O)ccn1O)ON1C(=O)CCC1=O. The van der Waals surface area contributed by atoms with Crippen LogP contribution in [0.4, 0.5) is 0 Å². The third-order valence-electron chi connectivity index (χ3n) is 3.30. The second kappa shape index (κ2) is 6.92. The third-order valence-corrected chi connectivity index (χ3v) is 3.30. The molecule has 0 spiro atoms. The van der Waals surface area contributed by atoms with Crippen molar-refractivity contribution in [1.29, 1.82) is 0 Å². The minimum Gasteiger partial charge on any atom is -0.413 e. The van der Waals surface area contributed by atoms with Crippen LogP contribution >= 0.6 is 0 Å². The lowest BCUT2D eigenvalue weighted by Crippen LogP contribution is -2.31. The zero-order valence-corrected chi connectivity index (χ0v) is 11.9. The van der Waals surface area contributed by atoms with E-state index in [2.05, 4.69) is 0 Å². The van der Waals surface area contributed by atoms with E-state index < -0.39 is 17.8 Å². The van der Waals surface area contributed by atoms with E-state index in [4.69, 9.17) is 4.84 Å². The molecule has 2 amide bonds. The summed E-state index contributed by atoms with van der Waals surface area (Å²) in [5.74, 6) is -1.63. The molecular formula is C13H17N3O6. The Balaban J connectivity index is 1.64. The highest BCUT2D eigenvalue weighted by atomic mass is 16.7. The minimum absolute atomic E-state index is 0.0711. The Bertz CT molecular complexity index is 616. The average molecular weight is 311 g/mol. The van der Waals surface area contributed by atoms with Gasteiger partial charge in [-0.05, 0) is 12.8 Å². The fraction of sp³-hybridized carbons (Fsp3) is 0.538. The molecule has 2 rings (SSSR count). The van der Waals surface area contributed by atoms with Gasteiger partial charge in [0.1, 0.15) is 0 Å². The molecule has 1 aromatic heterocycles. The molecule has 9 nitrogen and oxygen atoms in total. The second-order valence-corrected chi connectivity index (χ2v) is 4.95. The van der Waals surface area contributed by atoms with Crippen LogP contribution in [0.2, 0.25) is 0 Å². The summed E-state index contributed by atoms with van der Waals surface area (Å²) in [6, 6.07) is 1.25. The molecule has 0 atom stereocenters. The fourth-order valence-corrected chi connectivity index (χ4v) is 2.12. The van der Waals surface area contributed by atoms with Gasteiger partial charge in [-0.2, -0.15) is 0 Å². The molecule has 1 aromatic rings. The molecule has 0 aliphatic carbocycles. The molecule has 1 saturated heterocycles. The summed E-state index contributed by atoms with van der Waals surface area (Å²) < 4.78 is 1.17. The van der Waals surface area contributed by atoms with Crippen LogP contribution in [-0.4, -0.2) is 37.6 Å². The predicted octanol–water partition coefficient (Wildman–Crippen LogP) is 0.0547. The van der Waals surface area contributed by atoms with Gasteiger partial charge in [-0.1, -0.05) is 6.42 Å². The molecule has 9 heteroatoms. The lowest BCUT2D eigenvalue weighted by atomic mass is 10.2. The first-order valence-electron chi connectivity index (χ1n) is 7.03. The molecule has 1 N–H and O–H groups in total. The van der Waals surface area contributed by atoms with E-state index in [1.807, 2.05) is 0 Å². The van der Waals surface area contributed by atoms with E-state index in [0.717, 1.165) is 4.85 Å².